The van der Waals surface area contributed by atoms with Gasteiger partial charge in [0.2, 0.25) is 0 Å². The van der Waals surface area contributed by atoms with Crippen LogP contribution in [0.3, 0.4) is 0 Å². The van der Waals surface area contributed by atoms with Gasteiger partial charge in [0.15, 0.2) is 0 Å². The van der Waals surface area contributed by atoms with Crippen molar-refractivity contribution in [2.24, 2.45) is 0 Å². The molecule has 1 heterocycles. The van der Waals surface area contributed by atoms with Crippen LogP contribution in [0.25, 0.3) is 0 Å². The number of anilines is 1. The first kappa shape index (κ1) is 16.7. The fraction of sp³-hybridized carbons (Fsp3) is 0.143. The maximum absolute atomic E-state index is 12.8. The fourth-order valence-electron chi connectivity index (χ4n) is 2.65. The summed E-state index contributed by atoms with van der Waals surface area (Å²) < 4.78 is 0. The summed E-state index contributed by atoms with van der Waals surface area (Å²) in [7, 11) is 3.81. The zero-order chi connectivity index (χ0) is 17.6. The number of pyridine rings is 1. The first-order chi connectivity index (χ1) is 12.1. The van der Waals surface area contributed by atoms with Gasteiger partial charge in [0.1, 0.15) is 11.5 Å². The second-order valence-electron chi connectivity index (χ2n) is 6.00. The van der Waals surface area contributed by atoms with Gasteiger partial charge in [-0.3, -0.25) is 4.79 Å². The van der Waals surface area contributed by atoms with Crippen molar-refractivity contribution in [2.45, 2.75) is 6.04 Å². The third kappa shape index (κ3) is 4.04. The van der Waals surface area contributed by atoms with E-state index in [-0.39, 0.29) is 11.9 Å². The average molecular weight is 331 g/mol. The summed E-state index contributed by atoms with van der Waals surface area (Å²) in [6.45, 7) is 0. The highest BCUT2D eigenvalue weighted by molar-refractivity contribution is 5.93. The fourth-order valence-corrected chi connectivity index (χ4v) is 2.65. The van der Waals surface area contributed by atoms with Gasteiger partial charge in [-0.05, 0) is 23.3 Å². The zero-order valence-electron chi connectivity index (χ0n) is 14.4. The highest BCUT2D eigenvalue weighted by Gasteiger charge is 2.18. The molecule has 0 saturated heterocycles. The lowest BCUT2D eigenvalue weighted by Crippen LogP contribution is -2.30. The maximum atomic E-state index is 12.8. The van der Waals surface area contributed by atoms with E-state index in [9.17, 15) is 4.79 Å². The molecule has 1 amide bonds. The van der Waals surface area contributed by atoms with Crippen molar-refractivity contribution in [1.82, 2.24) is 10.3 Å². The second kappa shape index (κ2) is 7.62. The number of aromatic nitrogens is 1. The Morgan fingerprint density at radius 2 is 1.40 bits per heavy atom. The molecule has 0 spiro atoms. The Morgan fingerprint density at radius 1 is 0.840 bits per heavy atom. The SMILES string of the molecule is CN(C)c1cccc(C(=O)NC(c2ccccc2)c2ccccc2)n1. The molecule has 4 heteroatoms. The molecule has 0 radical (unpaired) electrons. The minimum absolute atomic E-state index is 0.193. The molecule has 0 atom stereocenters. The Labute approximate surface area is 148 Å². The summed E-state index contributed by atoms with van der Waals surface area (Å²) >= 11 is 0. The smallest absolute Gasteiger partial charge is 0.270 e. The molecule has 0 bridgehead atoms. The van der Waals surface area contributed by atoms with Crippen molar-refractivity contribution in [3.63, 3.8) is 0 Å². The van der Waals surface area contributed by atoms with Crippen LogP contribution in [0.4, 0.5) is 5.82 Å². The third-order valence-electron chi connectivity index (χ3n) is 3.97. The average Bonchev–Trinajstić information content (AvgIpc) is 2.67. The molecule has 0 unspecified atom stereocenters. The largest absolute Gasteiger partial charge is 0.363 e. The number of benzene rings is 2. The highest BCUT2D eigenvalue weighted by atomic mass is 16.1. The highest BCUT2D eigenvalue weighted by Crippen LogP contribution is 2.22. The van der Waals surface area contributed by atoms with Gasteiger partial charge in [0, 0.05) is 14.1 Å². The minimum atomic E-state index is -0.222. The lowest BCUT2D eigenvalue weighted by atomic mass is 9.98. The van der Waals surface area contributed by atoms with Crippen molar-refractivity contribution < 1.29 is 4.79 Å². The standard InChI is InChI=1S/C21H21N3O/c1-24(2)19-15-9-14-18(22-19)21(25)23-20(16-10-5-3-6-11-16)17-12-7-4-8-13-17/h3-15,20H,1-2H3,(H,23,25). The summed E-state index contributed by atoms with van der Waals surface area (Å²) in [6, 6.07) is 25.1. The van der Waals surface area contributed by atoms with Crippen LogP contribution >= 0.6 is 0 Å². The molecule has 1 aromatic heterocycles. The number of rotatable bonds is 5. The lowest BCUT2D eigenvalue weighted by Gasteiger charge is -2.20. The number of carbonyl (C=O) groups is 1. The molecule has 0 fully saturated rings. The normalized spacial score (nSPS) is 10.5. The molecule has 0 aliphatic carbocycles. The van der Waals surface area contributed by atoms with Crippen LogP contribution in [-0.4, -0.2) is 25.0 Å². The van der Waals surface area contributed by atoms with Crippen molar-refractivity contribution in [3.05, 3.63) is 95.7 Å². The Bertz CT molecular complexity index is 793. The molecule has 1 N–H and O–H groups in total. The first-order valence-electron chi connectivity index (χ1n) is 8.20. The van der Waals surface area contributed by atoms with E-state index in [0.29, 0.717) is 5.69 Å². The van der Waals surface area contributed by atoms with Gasteiger partial charge in [-0.15, -0.1) is 0 Å². The van der Waals surface area contributed by atoms with Crippen molar-refractivity contribution in [2.75, 3.05) is 19.0 Å². The summed E-state index contributed by atoms with van der Waals surface area (Å²) in [6.07, 6.45) is 0. The van der Waals surface area contributed by atoms with Crippen LogP contribution in [0.1, 0.15) is 27.7 Å². The van der Waals surface area contributed by atoms with Gasteiger partial charge >= 0.3 is 0 Å². The molecule has 126 valence electrons. The van der Waals surface area contributed by atoms with E-state index in [1.807, 2.05) is 91.8 Å². The number of amides is 1. The summed E-state index contributed by atoms with van der Waals surface area (Å²) in [4.78, 5) is 19.1. The van der Waals surface area contributed by atoms with Crippen molar-refractivity contribution >= 4 is 11.7 Å². The van der Waals surface area contributed by atoms with Gasteiger partial charge in [0.25, 0.3) is 5.91 Å². The van der Waals surface area contributed by atoms with Crippen LogP contribution < -0.4 is 10.2 Å². The first-order valence-corrected chi connectivity index (χ1v) is 8.20. The van der Waals surface area contributed by atoms with E-state index in [2.05, 4.69) is 10.3 Å². The molecule has 25 heavy (non-hydrogen) atoms. The molecule has 2 aromatic carbocycles. The van der Waals surface area contributed by atoms with E-state index in [1.165, 1.54) is 0 Å². The second-order valence-corrected chi connectivity index (χ2v) is 6.00. The van der Waals surface area contributed by atoms with Gasteiger partial charge in [-0.2, -0.15) is 0 Å². The summed E-state index contributed by atoms with van der Waals surface area (Å²) in [5.74, 6) is 0.560. The lowest BCUT2D eigenvalue weighted by molar-refractivity contribution is 0.0938. The van der Waals surface area contributed by atoms with Crippen LogP contribution in [0.15, 0.2) is 78.9 Å². The van der Waals surface area contributed by atoms with Crippen molar-refractivity contribution in [1.29, 1.82) is 0 Å². The van der Waals surface area contributed by atoms with Gasteiger partial charge < -0.3 is 10.2 Å². The molecule has 0 aliphatic rings. The molecule has 3 rings (SSSR count). The monoisotopic (exact) mass is 331 g/mol. The van der Waals surface area contributed by atoms with E-state index < -0.39 is 0 Å². The number of nitrogens with one attached hydrogen (secondary N) is 1. The number of hydrogen-bond acceptors (Lipinski definition) is 3. The number of carbonyl (C=O) groups excluding carboxylic acids is 1. The van der Waals surface area contributed by atoms with E-state index in [4.69, 9.17) is 0 Å². The van der Waals surface area contributed by atoms with Crippen LogP contribution in [0.2, 0.25) is 0 Å². The summed E-state index contributed by atoms with van der Waals surface area (Å²) in [5.41, 5.74) is 2.47. The predicted octanol–water partition coefficient (Wildman–Crippen LogP) is 3.67. The molecule has 0 saturated carbocycles. The Morgan fingerprint density at radius 3 is 1.92 bits per heavy atom. The number of hydrogen-bond donors (Lipinski definition) is 1. The number of nitrogens with zero attached hydrogens (tertiary/aromatic N) is 2. The van der Waals surface area contributed by atoms with Crippen LogP contribution in [0, 0.1) is 0 Å². The predicted molar refractivity (Wildman–Crippen MR) is 101 cm³/mol. The van der Waals surface area contributed by atoms with Crippen LogP contribution in [0.5, 0.6) is 0 Å². The maximum Gasteiger partial charge on any atom is 0.270 e. The molecule has 0 aliphatic heterocycles. The quantitative estimate of drug-likeness (QED) is 0.776. The molecule has 4 nitrogen and oxygen atoms in total. The summed E-state index contributed by atoms with van der Waals surface area (Å²) in [5, 5.41) is 3.11. The Hall–Kier alpha value is -3.14. The topological polar surface area (TPSA) is 45.2 Å². The minimum Gasteiger partial charge on any atom is -0.363 e. The van der Waals surface area contributed by atoms with Gasteiger partial charge in [-0.1, -0.05) is 66.7 Å². The van der Waals surface area contributed by atoms with Crippen molar-refractivity contribution in [3.8, 4) is 0 Å². The molecule has 3 aromatic rings. The van der Waals surface area contributed by atoms with Crippen LogP contribution in [-0.2, 0) is 0 Å². The zero-order valence-corrected chi connectivity index (χ0v) is 14.4. The Kier molecular flexibility index (Phi) is 5.09. The van der Waals surface area contributed by atoms with E-state index in [1.54, 1.807) is 6.07 Å². The molecular formula is C21H21N3O. The van der Waals surface area contributed by atoms with Gasteiger partial charge in [0.05, 0.1) is 6.04 Å². The Balaban J connectivity index is 1.90. The molecular weight excluding hydrogens is 310 g/mol. The van der Waals surface area contributed by atoms with Gasteiger partial charge in [-0.25, -0.2) is 4.98 Å². The van der Waals surface area contributed by atoms with E-state index in [0.717, 1.165) is 16.9 Å². The van der Waals surface area contributed by atoms with E-state index >= 15 is 0 Å². The third-order valence-corrected chi connectivity index (χ3v) is 3.97.